The van der Waals surface area contributed by atoms with Gasteiger partial charge in [-0.2, -0.15) is 4.98 Å². The predicted molar refractivity (Wildman–Crippen MR) is 70.5 cm³/mol. The standard InChI is InChI=1S/C11H14FN5S/c1-7-9(18-6-15-7)5-17(3)10-8(12)4-14-11(13-2)16-10/h4,6H,5H2,1-3H3,(H,13,14,16). The summed E-state index contributed by atoms with van der Waals surface area (Å²) in [5.41, 5.74) is 2.75. The molecular weight excluding hydrogens is 253 g/mol. The molecule has 0 saturated carbocycles. The maximum Gasteiger partial charge on any atom is 0.224 e. The van der Waals surface area contributed by atoms with Crippen LogP contribution in [-0.4, -0.2) is 29.0 Å². The fraction of sp³-hybridized carbons (Fsp3) is 0.364. The summed E-state index contributed by atoms with van der Waals surface area (Å²) in [6, 6.07) is 0. The maximum absolute atomic E-state index is 13.7. The molecule has 5 nitrogen and oxygen atoms in total. The molecule has 18 heavy (non-hydrogen) atoms. The van der Waals surface area contributed by atoms with Gasteiger partial charge in [-0.15, -0.1) is 11.3 Å². The zero-order valence-electron chi connectivity index (χ0n) is 10.4. The predicted octanol–water partition coefficient (Wildman–Crippen LogP) is 2.06. The third-order valence-electron chi connectivity index (χ3n) is 2.54. The fourth-order valence-electron chi connectivity index (χ4n) is 1.51. The van der Waals surface area contributed by atoms with Crippen LogP contribution in [0.5, 0.6) is 0 Å². The Morgan fingerprint density at radius 1 is 1.44 bits per heavy atom. The summed E-state index contributed by atoms with van der Waals surface area (Å²) in [5, 5.41) is 2.79. The average molecular weight is 267 g/mol. The monoisotopic (exact) mass is 267 g/mol. The highest BCUT2D eigenvalue weighted by atomic mass is 32.1. The van der Waals surface area contributed by atoms with E-state index in [4.69, 9.17) is 0 Å². The van der Waals surface area contributed by atoms with E-state index >= 15 is 0 Å². The van der Waals surface area contributed by atoms with Crippen molar-refractivity contribution in [1.29, 1.82) is 0 Å². The van der Waals surface area contributed by atoms with Crippen LogP contribution in [0.2, 0.25) is 0 Å². The number of aromatic nitrogens is 3. The Morgan fingerprint density at radius 2 is 2.22 bits per heavy atom. The van der Waals surface area contributed by atoms with Crippen molar-refractivity contribution in [2.45, 2.75) is 13.5 Å². The molecule has 0 aromatic carbocycles. The highest BCUT2D eigenvalue weighted by Gasteiger charge is 2.13. The van der Waals surface area contributed by atoms with Crippen molar-refractivity contribution >= 4 is 23.1 Å². The number of nitrogens with zero attached hydrogens (tertiary/aromatic N) is 4. The number of hydrogen-bond acceptors (Lipinski definition) is 6. The van der Waals surface area contributed by atoms with Crippen LogP contribution in [0.4, 0.5) is 16.2 Å². The van der Waals surface area contributed by atoms with Crippen LogP contribution in [0.1, 0.15) is 10.6 Å². The molecule has 0 fully saturated rings. The van der Waals surface area contributed by atoms with Crippen LogP contribution in [0.3, 0.4) is 0 Å². The third kappa shape index (κ3) is 2.56. The van der Waals surface area contributed by atoms with Crippen LogP contribution in [0.25, 0.3) is 0 Å². The van der Waals surface area contributed by atoms with E-state index in [1.165, 1.54) is 6.20 Å². The minimum Gasteiger partial charge on any atom is -0.357 e. The number of nitrogens with one attached hydrogen (secondary N) is 1. The van der Waals surface area contributed by atoms with Gasteiger partial charge in [-0.05, 0) is 6.92 Å². The molecule has 1 N–H and O–H groups in total. The van der Waals surface area contributed by atoms with Gasteiger partial charge in [-0.25, -0.2) is 14.4 Å². The minimum atomic E-state index is -0.432. The maximum atomic E-state index is 13.7. The summed E-state index contributed by atoms with van der Waals surface area (Å²) in [6.45, 7) is 2.52. The first-order valence-electron chi connectivity index (χ1n) is 5.42. The fourth-order valence-corrected chi connectivity index (χ4v) is 2.34. The molecular formula is C11H14FN5S. The van der Waals surface area contributed by atoms with E-state index < -0.39 is 5.82 Å². The summed E-state index contributed by atoms with van der Waals surface area (Å²) in [4.78, 5) is 15.0. The Bertz CT molecular complexity index is 542. The van der Waals surface area contributed by atoms with Gasteiger partial charge in [0.1, 0.15) is 0 Å². The van der Waals surface area contributed by atoms with Crippen molar-refractivity contribution in [3.63, 3.8) is 0 Å². The van der Waals surface area contributed by atoms with Crippen molar-refractivity contribution in [2.75, 3.05) is 24.3 Å². The van der Waals surface area contributed by atoms with Crippen LogP contribution in [0.15, 0.2) is 11.7 Å². The quantitative estimate of drug-likeness (QED) is 0.919. The first-order chi connectivity index (χ1) is 8.61. The minimum absolute atomic E-state index is 0.280. The van der Waals surface area contributed by atoms with Gasteiger partial charge in [0.15, 0.2) is 11.6 Å². The molecule has 0 aliphatic carbocycles. The summed E-state index contributed by atoms with van der Waals surface area (Å²) in [5.74, 6) is 0.250. The molecule has 0 aliphatic heterocycles. The zero-order chi connectivity index (χ0) is 13.1. The van der Waals surface area contributed by atoms with Crippen molar-refractivity contribution in [3.8, 4) is 0 Å². The van der Waals surface area contributed by atoms with Gasteiger partial charge in [-0.3, -0.25) is 0 Å². The van der Waals surface area contributed by atoms with Gasteiger partial charge in [0.05, 0.1) is 23.9 Å². The highest BCUT2D eigenvalue weighted by Crippen LogP contribution is 2.21. The molecule has 0 bridgehead atoms. The van der Waals surface area contributed by atoms with E-state index in [1.807, 2.05) is 6.92 Å². The Hall–Kier alpha value is -1.76. The van der Waals surface area contributed by atoms with E-state index in [9.17, 15) is 4.39 Å². The van der Waals surface area contributed by atoms with Gasteiger partial charge in [-0.1, -0.05) is 0 Å². The lowest BCUT2D eigenvalue weighted by atomic mass is 10.3. The second-order valence-electron chi connectivity index (χ2n) is 3.83. The average Bonchev–Trinajstić information content (AvgIpc) is 2.75. The molecule has 0 saturated heterocycles. The van der Waals surface area contributed by atoms with Crippen molar-refractivity contribution in [3.05, 3.63) is 28.1 Å². The first kappa shape index (κ1) is 12.7. The van der Waals surface area contributed by atoms with Crippen molar-refractivity contribution < 1.29 is 4.39 Å². The SMILES string of the molecule is CNc1ncc(F)c(N(C)Cc2scnc2C)n1. The number of halogens is 1. The lowest BCUT2D eigenvalue weighted by Crippen LogP contribution is -2.20. The third-order valence-corrected chi connectivity index (χ3v) is 3.46. The van der Waals surface area contributed by atoms with E-state index in [1.54, 1.807) is 35.8 Å². The number of anilines is 2. The Morgan fingerprint density at radius 3 is 2.83 bits per heavy atom. The summed E-state index contributed by atoms with van der Waals surface area (Å²) < 4.78 is 13.7. The Labute approximate surface area is 109 Å². The normalized spacial score (nSPS) is 10.4. The van der Waals surface area contributed by atoms with Crippen LogP contribution in [0, 0.1) is 12.7 Å². The second-order valence-corrected chi connectivity index (χ2v) is 4.77. The number of thiazole rings is 1. The van der Waals surface area contributed by atoms with E-state index in [0.29, 0.717) is 12.5 Å². The van der Waals surface area contributed by atoms with E-state index in [-0.39, 0.29) is 5.82 Å². The Kier molecular flexibility index (Phi) is 3.71. The number of rotatable bonds is 4. The molecule has 0 unspecified atom stereocenters. The molecule has 0 radical (unpaired) electrons. The van der Waals surface area contributed by atoms with Gasteiger partial charge < -0.3 is 10.2 Å². The first-order valence-corrected chi connectivity index (χ1v) is 6.30. The van der Waals surface area contributed by atoms with Gasteiger partial charge in [0.25, 0.3) is 0 Å². The van der Waals surface area contributed by atoms with Gasteiger partial charge >= 0.3 is 0 Å². The largest absolute Gasteiger partial charge is 0.357 e. The van der Waals surface area contributed by atoms with Crippen LogP contribution >= 0.6 is 11.3 Å². The molecule has 2 rings (SSSR count). The van der Waals surface area contributed by atoms with Gasteiger partial charge in [0, 0.05) is 19.0 Å². The molecule has 96 valence electrons. The van der Waals surface area contributed by atoms with E-state index in [0.717, 1.165) is 10.6 Å². The molecule has 2 aromatic heterocycles. The molecule has 0 spiro atoms. The van der Waals surface area contributed by atoms with E-state index in [2.05, 4.69) is 20.3 Å². The Balaban J connectivity index is 2.23. The summed E-state index contributed by atoms with van der Waals surface area (Å²) in [7, 11) is 3.49. The highest BCUT2D eigenvalue weighted by molar-refractivity contribution is 7.09. The molecule has 2 aromatic rings. The smallest absolute Gasteiger partial charge is 0.224 e. The lowest BCUT2D eigenvalue weighted by Gasteiger charge is -2.18. The molecule has 7 heteroatoms. The zero-order valence-corrected chi connectivity index (χ0v) is 11.3. The lowest BCUT2D eigenvalue weighted by molar-refractivity contribution is 0.608. The molecule has 0 amide bonds. The van der Waals surface area contributed by atoms with Gasteiger partial charge in [0.2, 0.25) is 5.95 Å². The number of hydrogen-bond donors (Lipinski definition) is 1. The van der Waals surface area contributed by atoms with Crippen LogP contribution < -0.4 is 10.2 Å². The molecule has 0 aliphatic rings. The van der Waals surface area contributed by atoms with Crippen molar-refractivity contribution in [1.82, 2.24) is 15.0 Å². The molecule has 2 heterocycles. The second kappa shape index (κ2) is 5.26. The molecule has 0 atom stereocenters. The number of aryl methyl sites for hydroxylation is 1. The summed E-state index contributed by atoms with van der Waals surface area (Å²) >= 11 is 1.55. The van der Waals surface area contributed by atoms with Crippen LogP contribution in [-0.2, 0) is 6.54 Å². The summed E-state index contributed by atoms with van der Waals surface area (Å²) in [6.07, 6.45) is 1.17. The van der Waals surface area contributed by atoms with Crippen molar-refractivity contribution in [2.24, 2.45) is 0 Å². The topological polar surface area (TPSA) is 53.9 Å².